The van der Waals surface area contributed by atoms with Crippen LogP contribution in [-0.4, -0.2) is 4.98 Å². The van der Waals surface area contributed by atoms with Crippen molar-refractivity contribution < 1.29 is 0 Å². The highest BCUT2D eigenvalue weighted by Gasteiger charge is 2.01. The molecule has 0 saturated carbocycles. The SMILES string of the molecule is CCCc1cnc(Cl)c(CCl)c1. The van der Waals surface area contributed by atoms with Crippen LogP contribution < -0.4 is 0 Å². The van der Waals surface area contributed by atoms with Gasteiger partial charge in [-0.05, 0) is 18.1 Å². The predicted molar refractivity (Wildman–Crippen MR) is 52.8 cm³/mol. The lowest BCUT2D eigenvalue weighted by molar-refractivity contribution is 0.910. The van der Waals surface area contributed by atoms with Gasteiger partial charge in [-0.15, -0.1) is 11.6 Å². The summed E-state index contributed by atoms with van der Waals surface area (Å²) in [5.74, 6) is 0.434. The van der Waals surface area contributed by atoms with E-state index >= 15 is 0 Å². The molecular weight excluding hydrogens is 193 g/mol. The quantitative estimate of drug-likeness (QED) is 0.542. The van der Waals surface area contributed by atoms with Crippen molar-refractivity contribution in [1.82, 2.24) is 4.98 Å². The van der Waals surface area contributed by atoms with Gasteiger partial charge in [0.2, 0.25) is 0 Å². The molecule has 0 aliphatic heterocycles. The Labute approximate surface area is 82.7 Å². The molecule has 0 saturated heterocycles. The zero-order chi connectivity index (χ0) is 8.97. The number of rotatable bonds is 3. The van der Waals surface area contributed by atoms with Crippen molar-refractivity contribution in [3.63, 3.8) is 0 Å². The Kier molecular flexibility index (Phi) is 3.83. The number of aryl methyl sites for hydroxylation is 1. The first-order valence-electron chi connectivity index (χ1n) is 3.97. The normalized spacial score (nSPS) is 10.2. The Morgan fingerprint density at radius 1 is 1.50 bits per heavy atom. The first kappa shape index (κ1) is 9.82. The monoisotopic (exact) mass is 203 g/mol. The van der Waals surface area contributed by atoms with Gasteiger partial charge in [0.15, 0.2) is 0 Å². The molecule has 1 aromatic heterocycles. The van der Waals surface area contributed by atoms with E-state index in [4.69, 9.17) is 23.2 Å². The van der Waals surface area contributed by atoms with Crippen LogP contribution >= 0.6 is 23.2 Å². The molecule has 66 valence electrons. The van der Waals surface area contributed by atoms with E-state index in [-0.39, 0.29) is 0 Å². The largest absolute Gasteiger partial charge is 0.244 e. The van der Waals surface area contributed by atoms with Gasteiger partial charge >= 0.3 is 0 Å². The lowest BCUT2D eigenvalue weighted by Gasteiger charge is -2.02. The molecule has 0 spiro atoms. The van der Waals surface area contributed by atoms with E-state index in [2.05, 4.69) is 11.9 Å². The summed E-state index contributed by atoms with van der Waals surface area (Å²) in [5, 5.41) is 0.518. The molecule has 0 N–H and O–H groups in total. The fourth-order valence-corrected chi connectivity index (χ4v) is 1.50. The molecule has 1 nitrogen and oxygen atoms in total. The maximum Gasteiger partial charge on any atom is 0.133 e. The zero-order valence-electron chi connectivity index (χ0n) is 6.98. The van der Waals surface area contributed by atoms with Gasteiger partial charge in [0, 0.05) is 11.8 Å². The highest BCUT2D eigenvalue weighted by Crippen LogP contribution is 2.16. The standard InChI is InChI=1S/C9H11Cl2N/c1-2-3-7-4-8(5-10)9(11)12-6-7/h4,6H,2-3,5H2,1H3. The van der Waals surface area contributed by atoms with E-state index in [1.807, 2.05) is 12.3 Å². The smallest absolute Gasteiger partial charge is 0.133 e. The molecule has 1 rings (SSSR count). The third-order valence-electron chi connectivity index (χ3n) is 1.65. The highest BCUT2D eigenvalue weighted by molar-refractivity contribution is 6.31. The van der Waals surface area contributed by atoms with Crippen LogP contribution in [0.2, 0.25) is 5.15 Å². The minimum absolute atomic E-state index is 0.434. The second kappa shape index (κ2) is 4.68. The molecule has 0 atom stereocenters. The summed E-state index contributed by atoms with van der Waals surface area (Å²) in [5.41, 5.74) is 2.13. The van der Waals surface area contributed by atoms with Crippen LogP contribution in [0, 0.1) is 0 Å². The summed E-state index contributed by atoms with van der Waals surface area (Å²) in [7, 11) is 0. The van der Waals surface area contributed by atoms with Gasteiger partial charge in [-0.1, -0.05) is 24.9 Å². The molecule has 0 aromatic carbocycles. The van der Waals surface area contributed by atoms with E-state index < -0.39 is 0 Å². The summed E-state index contributed by atoms with van der Waals surface area (Å²) in [4.78, 5) is 4.05. The Bertz CT molecular complexity index is 261. The molecule has 3 heteroatoms. The predicted octanol–water partition coefficient (Wildman–Crippen LogP) is 3.43. The van der Waals surface area contributed by atoms with Gasteiger partial charge in [-0.3, -0.25) is 0 Å². The van der Waals surface area contributed by atoms with E-state index in [1.165, 1.54) is 5.56 Å². The van der Waals surface area contributed by atoms with Crippen molar-refractivity contribution in [3.8, 4) is 0 Å². The van der Waals surface area contributed by atoms with E-state index in [0.29, 0.717) is 11.0 Å². The van der Waals surface area contributed by atoms with Gasteiger partial charge in [0.1, 0.15) is 5.15 Å². The highest BCUT2D eigenvalue weighted by atomic mass is 35.5. The van der Waals surface area contributed by atoms with Crippen LogP contribution in [0.3, 0.4) is 0 Å². The number of pyridine rings is 1. The van der Waals surface area contributed by atoms with Gasteiger partial charge in [-0.2, -0.15) is 0 Å². The van der Waals surface area contributed by atoms with Crippen LogP contribution in [0.5, 0.6) is 0 Å². The van der Waals surface area contributed by atoms with Gasteiger partial charge in [0.05, 0.1) is 5.88 Å². The van der Waals surface area contributed by atoms with Crippen molar-refractivity contribution in [2.75, 3.05) is 0 Å². The van der Waals surface area contributed by atoms with Crippen LogP contribution in [-0.2, 0) is 12.3 Å². The number of halogens is 2. The molecule has 1 aromatic rings. The molecule has 0 unspecified atom stereocenters. The van der Waals surface area contributed by atoms with Crippen LogP contribution in [0.25, 0.3) is 0 Å². The number of nitrogens with zero attached hydrogens (tertiary/aromatic N) is 1. The summed E-state index contributed by atoms with van der Waals surface area (Å²) < 4.78 is 0. The Hall–Kier alpha value is -0.270. The fourth-order valence-electron chi connectivity index (χ4n) is 1.06. The zero-order valence-corrected chi connectivity index (χ0v) is 8.49. The average Bonchev–Trinajstić information content (AvgIpc) is 2.09. The number of aromatic nitrogens is 1. The van der Waals surface area contributed by atoms with Crippen molar-refractivity contribution in [2.45, 2.75) is 25.6 Å². The first-order valence-corrected chi connectivity index (χ1v) is 4.88. The fraction of sp³-hybridized carbons (Fsp3) is 0.444. The van der Waals surface area contributed by atoms with Gasteiger partial charge in [0.25, 0.3) is 0 Å². The maximum atomic E-state index is 5.80. The molecule has 0 amide bonds. The number of alkyl halides is 1. The van der Waals surface area contributed by atoms with Crippen LogP contribution in [0.4, 0.5) is 0 Å². The van der Waals surface area contributed by atoms with Crippen molar-refractivity contribution >= 4 is 23.2 Å². The lowest BCUT2D eigenvalue weighted by atomic mass is 10.1. The van der Waals surface area contributed by atoms with Gasteiger partial charge < -0.3 is 0 Å². The Morgan fingerprint density at radius 3 is 2.83 bits per heavy atom. The van der Waals surface area contributed by atoms with Gasteiger partial charge in [-0.25, -0.2) is 4.98 Å². The van der Waals surface area contributed by atoms with E-state index in [0.717, 1.165) is 18.4 Å². The van der Waals surface area contributed by atoms with Crippen LogP contribution in [0.1, 0.15) is 24.5 Å². The first-order chi connectivity index (χ1) is 5.77. The minimum Gasteiger partial charge on any atom is -0.244 e. The molecule has 0 aliphatic carbocycles. The molecule has 0 aliphatic rings. The van der Waals surface area contributed by atoms with Crippen LogP contribution in [0.15, 0.2) is 12.3 Å². The molecule has 0 radical (unpaired) electrons. The Morgan fingerprint density at radius 2 is 2.25 bits per heavy atom. The van der Waals surface area contributed by atoms with Crippen molar-refractivity contribution in [2.24, 2.45) is 0 Å². The van der Waals surface area contributed by atoms with Crippen molar-refractivity contribution in [3.05, 3.63) is 28.5 Å². The summed E-state index contributed by atoms with van der Waals surface area (Å²) >= 11 is 11.5. The average molecular weight is 204 g/mol. The number of hydrogen-bond acceptors (Lipinski definition) is 1. The molecule has 1 heterocycles. The third-order valence-corrected chi connectivity index (χ3v) is 2.28. The summed E-state index contributed by atoms with van der Waals surface area (Å²) in [6.45, 7) is 2.13. The minimum atomic E-state index is 0.434. The van der Waals surface area contributed by atoms with Crippen molar-refractivity contribution in [1.29, 1.82) is 0 Å². The topological polar surface area (TPSA) is 12.9 Å². The molecule has 0 bridgehead atoms. The lowest BCUT2D eigenvalue weighted by Crippen LogP contribution is -1.90. The second-order valence-corrected chi connectivity index (χ2v) is 3.30. The number of hydrogen-bond donors (Lipinski definition) is 0. The molecule has 0 fully saturated rings. The van der Waals surface area contributed by atoms with E-state index in [1.54, 1.807) is 0 Å². The second-order valence-electron chi connectivity index (χ2n) is 2.68. The van der Waals surface area contributed by atoms with E-state index in [9.17, 15) is 0 Å². The molecule has 12 heavy (non-hydrogen) atoms. The summed E-state index contributed by atoms with van der Waals surface area (Å²) in [6, 6.07) is 2.02. The summed E-state index contributed by atoms with van der Waals surface area (Å²) in [6.07, 6.45) is 3.96. The Balaban J connectivity index is 2.89. The third kappa shape index (κ3) is 2.36. The maximum absolute atomic E-state index is 5.80. The molecular formula is C9H11Cl2N.